The van der Waals surface area contributed by atoms with E-state index in [1.165, 1.54) is 12.0 Å². The monoisotopic (exact) mass is 394 g/mol. The molecule has 10 nitrogen and oxygen atoms in total. The summed E-state index contributed by atoms with van der Waals surface area (Å²) in [6.45, 7) is 6.28. The van der Waals surface area contributed by atoms with Crippen LogP contribution in [-0.2, 0) is 26.4 Å². The van der Waals surface area contributed by atoms with Crippen molar-refractivity contribution in [2.45, 2.75) is 57.7 Å². The van der Waals surface area contributed by atoms with Gasteiger partial charge in [0.2, 0.25) is 5.91 Å². The number of aromatic nitrogens is 3. The lowest BCUT2D eigenvalue weighted by Gasteiger charge is -2.35. The third kappa shape index (κ3) is 4.42. The number of amides is 3. The summed E-state index contributed by atoms with van der Waals surface area (Å²) in [6, 6.07) is -0.222. The molecule has 2 rings (SSSR count). The van der Waals surface area contributed by atoms with E-state index >= 15 is 0 Å². The summed E-state index contributed by atoms with van der Waals surface area (Å²) < 4.78 is 6.52. The number of urea groups is 1. The molecule has 0 bridgehead atoms. The smallest absolute Gasteiger partial charge is 0.331 e. The number of nitrogens with one attached hydrogen (secondary N) is 1. The van der Waals surface area contributed by atoms with Gasteiger partial charge in [-0.25, -0.2) is 14.3 Å². The Morgan fingerprint density at radius 1 is 1.36 bits per heavy atom. The fourth-order valence-corrected chi connectivity index (χ4v) is 3.34. The highest BCUT2D eigenvalue weighted by atomic mass is 16.5. The Morgan fingerprint density at radius 2 is 2.04 bits per heavy atom. The summed E-state index contributed by atoms with van der Waals surface area (Å²) in [6.07, 6.45) is 3.22. The summed E-state index contributed by atoms with van der Waals surface area (Å²) in [5.74, 6) is -0.524. The maximum Gasteiger partial charge on any atom is 0.331 e. The Morgan fingerprint density at radius 3 is 2.64 bits per heavy atom. The number of hydrogen-bond acceptors (Lipinski definition) is 6. The number of nitrogens with zero attached hydrogens (tertiary/aromatic N) is 5. The van der Waals surface area contributed by atoms with Gasteiger partial charge in [-0.2, -0.15) is 0 Å². The molecule has 1 aromatic heterocycles. The molecule has 0 radical (unpaired) electrons. The second kappa shape index (κ2) is 8.15. The number of ether oxygens (including phenoxy) is 1. The van der Waals surface area contributed by atoms with E-state index in [2.05, 4.69) is 15.6 Å². The number of methoxy groups -OCH3 is 1. The predicted octanol–water partition coefficient (Wildman–Crippen LogP) is 0.729. The maximum absolute atomic E-state index is 13.0. The summed E-state index contributed by atoms with van der Waals surface area (Å²) in [5.41, 5.74) is -0.976. The fourth-order valence-electron chi connectivity index (χ4n) is 3.34. The molecule has 1 aliphatic heterocycles. The van der Waals surface area contributed by atoms with Crippen LogP contribution in [0.1, 0.15) is 45.7 Å². The molecule has 156 valence electrons. The number of carbonyl (C=O) groups is 3. The molecule has 1 N–H and O–H groups in total. The van der Waals surface area contributed by atoms with Crippen LogP contribution in [0, 0.1) is 0 Å². The van der Waals surface area contributed by atoms with E-state index in [4.69, 9.17) is 4.74 Å². The molecule has 1 saturated heterocycles. The first kappa shape index (κ1) is 21.6. The van der Waals surface area contributed by atoms with Crippen molar-refractivity contribution in [2.24, 2.45) is 0 Å². The standard InChI is InChI=1S/C18H30N6O4/c1-17(2,24-12-13(20-21-24)11-19-16(27)22(4)5)10-14(25)23-9-7-8-18(23,3)15(26)28-6/h12H,7-11H2,1-6H3,(H,19,27). The highest BCUT2D eigenvalue weighted by Crippen LogP contribution is 2.32. The van der Waals surface area contributed by atoms with Gasteiger partial charge in [-0.05, 0) is 33.6 Å². The zero-order valence-electron chi connectivity index (χ0n) is 17.5. The molecule has 1 aromatic rings. The highest BCUT2D eigenvalue weighted by Gasteiger charge is 2.47. The Bertz CT molecular complexity index is 744. The summed E-state index contributed by atoms with van der Waals surface area (Å²) in [4.78, 5) is 39.8. The van der Waals surface area contributed by atoms with Crippen molar-refractivity contribution in [3.8, 4) is 0 Å². The first-order chi connectivity index (χ1) is 13.0. The number of likely N-dealkylation sites (tertiary alicyclic amines) is 1. The predicted molar refractivity (Wildman–Crippen MR) is 101 cm³/mol. The van der Waals surface area contributed by atoms with E-state index in [0.29, 0.717) is 18.7 Å². The van der Waals surface area contributed by atoms with E-state index in [-0.39, 0.29) is 24.9 Å². The second-order valence-corrected chi connectivity index (χ2v) is 8.11. The van der Waals surface area contributed by atoms with Gasteiger partial charge in [-0.15, -0.1) is 5.10 Å². The van der Waals surface area contributed by atoms with Gasteiger partial charge in [0.05, 0.1) is 31.8 Å². The molecule has 0 spiro atoms. The average Bonchev–Trinajstić information content (AvgIpc) is 3.26. The minimum Gasteiger partial charge on any atom is -0.467 e. The van der Waals surface area contributed by atoms with Crippen molar-refractivity contribution >= 4 is 17.9 Å². The topological polar surface area (TPSA) is 110 Å². The van der Waals surface area contributed by atoms with Gasteiger partial charge >= 0.3 is 12.0 Å². The lowest BCUT2D eigenvalue weighted by atomic mass is 9.96. The van der Waals surface area contributed by atoms with Crippen molar-refractivity contribution in [3.63, 3.8) is 0 Å². The summed E-state index contributed by atoms with van der Waals surface area (Å²) in [7, 11) is 4.65. The van der Waals surface area contributed by atoms with Crippen LogP contribution in [0.5, 0.6) is 0 Å². The number of hydrogen-bond donors (Lipinski definition) is 1. The van der Waals surface area contributed by atoms with Crippen LogP contribution >= 0.6 is 0 Å². The average molecular weight is 394 g/mol. The molecule has 2 heterocycles. The first-order valence-electron chi connectivity index (χ1n) is 9.27. The molecule has 28 heavy (non-hydrogen) atoms. The van der Waals surface area contributed by atoms with Crippen LogP contribution in [0.15, 0.2) is 6.20 Å². The van der Waals surface area contributed by atoms with E-state index in [9.17, 15) is 14.4 Å². The largest absolute Gasteiger partial charge is 0.467 e. The quantitative estimate of drug-likeness (QED) is 0.713. The lowest BCUT2D eigenvalue weighted by molar-refractivity contribution is -0.158. The third-order valence-corrected chi connectivity index (χ3v) is 5.14. The molecule has 0 saturated carbocycles. The van der Waals surface area contributed by atoms with Gasteiger partial charge in [0.1, 0.15) is 11.2 Å². The molecule has 10 heteroatoms. The van der Waals surface area contributed by atoms with Crippen molar-refractivity contribution in [1.82, 2.24) is 30.1 Å². The molecular formula is C18H30N6O4. The molecule has 1 fully saturated rings. The minimum absolute atomic E-state index is 0.131. The molecular weight excluding hydrogens is 364 g/mol. The molecule has 1 unspecified atom stereocenters. The first-order valence-corrected chi connectivity index (χ1v) is 9.27. The molecule has 3 amide bonds. The van der Waals surface area contributed by atoms with Crippen molar-refractivity contribution in [3.05, 3.63) is 11.9 Å². The van der Waals surface area contributed by atoms with E-state index in [1.807, 2.05) is 13.8 Å². The van der Waals surface area contributed by atoms with Gasteiger partial charge in [0.15, 0.2) is 0 Å². The van der Waals surface area contributed by atoms with Crippen LogP contribution in [-0.4, -0.2) is 76.0 Å². The van der Waals surface area contributed by atoms with Crippen LogP contribution in [0.25, 0.3) is 0 Å². The minimum atomic E-state index is -0.925. The van der Waals surface area contributed by atoms with Crippen LogP contribution in [0.4, 0.5) is 4.79 Å². The Balaban J connectivity index is 2.06. The van der Waals surface area contributed by atoms with Gasteiger partial charge in [-0.1, -0.05) is 5.21 Å². The normalized spacial score (nSPS) is 19.4. The molecule has 1 aliphatic rings. The van der Waals surface area contributed by atoms with E-state index in [1.54, 1.807) is 36.8 Å². The molecule has 1 atom stereocenters. The van der Waals surface area contributed by atoms with Crippen molar-refractivity contribution < 1.29 is 19.1 Å². The van der Waals surface area contributed by atoms with Gasteiger partial charge in [0.25, 0.3) is 0 Å². The maximum atomic E-state index is 13.0. The third-order valence-electron chi connectivity index (χ3n) is 5.14. The Hall–Kier alpha value is -2.65. The van der Waals surface area contributed by atoms with Crippen LogP contribution in [0.3, 0.4) is 0 Å². The second-order valence-electron chi connectivity index (χ2n) is 8.11. The van der Waals surface area contributed by atoms with Crippen molar-refractivity contribution in [2.75, 3.05) is 27.7 Å². The summed E-state index contributed by atoms with van der Waals surface area (Å²) >= 11 is 0. The summed E-state index contributed by atoms with van der Waals surface area (Å²) in [5, 5.41) is 10.9. The van der Waals surface area contributed by atoms with E-state index in [0.717, 1.165) is 6.42 Å². The zero-order valence-corrected chi connectivity index (χ0v) is 17.5. The van der Waals surface area contributed by atoms with E-state index < -0.39 is 17.0 Å². The van der Waals surface area contributed by atoms with Gasteiger partial charge in [-0.3, -0.25) is 4.79 Å². The number of carbonyl (C=O) groups excluding carboxylic acids is 3. The molecule has 0 aliphatic carbocycles. The van der Waals surface area contributed by atoms with Crippen molar-refractivity contribution in [1.29, 1.82) is 0 Å². The fraction of sp³-hybridized carbons (Fsp3) is 0.722. The number of esters is 1. The highest BCUT2D eigenvalue weighted by molar-refractivity contribution is 5.88. The van der Waals surface area contributed by atoms with Gasteiger partial charge in [0, 0.05) is 20.6 Å². The van der Waals surface area contributed by atoms with Gasteiger partial charge < -0.3 is 19.9 Å². The Labute approximate surface area is 165 Å². The zero-order chi connectivity index (χ0) is 21.1. The van der Waals surface area contributed by atoms with Crippen LogP contribution < -0.4 is 5.32 Å². The number of rotatable bonds is 6. The Kier molecular flexibility index (Phi) is 6.30. The lowest BCUT2D eigenvalue weighted by Crippen LogP contribution is -2.52. The molecule has 0 aromatic carbocycles. The van der Waals surface area contributed by atoms with Crippen LogP contribution in [0.2, 0.25) is 0 Å². The SMILES string of the molecule is COC(=O)C1(C)CCCN1C(=O)CC(C)(C)n1cc(CNC(=O)N(C)C)nn1.